The Morgan fingerprint density at radius 2 is 0.880 bits per heavy atom. The van der Waals surface area contributed by atoms with Crippen LogP contribution in [0.2, 0.25) is 0 Å². The molecule has 25 nitrogen and oxygen atoms in total. The third kappa shape index (κ3) is 17.6. The molecule has 3 saturated heterocycles. The van der Waals surface area contributed by atoms with Crippen LogP contribution in [-0.4, -0.2) is 152 Å². The second-order valence-electron chi connectivity index (χ2n) is 24.0. The Morgan fingerprint density at radius 3 is 1.18 bits per heavy atom. The number of amides is 2. The fourth-order valence-corrected chi connectivity index (χ4v) is 13.7. The molecular weight excluding hydrogens is 1230 g/mol. The van der Waals surface area contributed by atoms with Gasteiger partial charge in [-0.05, 0) is 147 Å². The summed E-state index contributed by atoms with van der Waals surface area (Å²) in [5.41, 5.74) is 9.28. The normalized spacial score (nSPS) is 15.1. The van der Waals surface area contributed by atoms with Crippen molar-refractivity contribution in [2.75, 3.05) is 83.5 Å². The maximum atomic E-state index is 12.6. The number of benzene rings is 3. The van der Waals surface area contributed by atoms with Crippen LogP contribution in [0.25, 0.3) is 30.6 Å². The Labute approximate surface area is 544 Å². The summed E-state index contributed by atoms with van der Waals surface area (Å²) in [5, 5.41) is 67.0. The number of hydrogen-bond donors (Lipinski definition) is 9. The van der Waals surface area contributed by atoms with E-state index < -0.39 is 22.8 Å². The number of aliphatic hydroxyl groups excluding tert-OH is 2. The predicted octanol–water partition coefficient (Wildman–Crippen LogP) is 8.88. The number of nitrogens with zero attached hydrogens (tertiary/aromatic N) is 12. The zero-order valence-corrected chi connectivity index (χ0v) is 53.8. The Hall–Kier alpha value is -8.35. The fraction of sp³-hybridized carbons (Fsp3) is 0.422. The number of aldehydes is 1. The van der Waals surface area contributed by atoms with Gasteiger partial charge in [0, 0.05) is 111 Å². The summed E-state index contributed by atoms with van der Waals surface area (Å²) >= 11 is 4.74. The van der Waals surface area contributed by atoms with Gasteiger partial charge in [-0.25, -0.2) is 49.7 Å². The first-order chi connectivity index (χ1) is 43.4. The van der Waals surface area contributed by atoms with Gasteiger partial charge in [-0.2, -0.15) is 0 Å². The number of piperidine rings is 3. The molecule has 0 aliphatic carbocycles. The molecule has 0 atom stereocenters. The molecule has 10 N–H and O–H groups in total. The molecule has 0 spiro atoms. The Morgan fingerprint density at radius 1 is 0.543 bits per heavy atom. The summed E-state index contributed by atoms with van der Waals surface area (Å²) in [6, 6.07) is 15.6. The highest BCUT2D eigenvalue weighted by molar-refractivity contribution is 7.23. The van der Waals surface area contributed by atoms with Crippen molar-refractivity contribution in [3.63, 3.8) is 0 Å². The van der Waals surface area contributed by atoms with Crippen LogP contribution in [0, 0.1) is 17.8 Å². The Bertz CT molecular complexity index is 3950. The van der Waals surface area contributed by atoms with Crippen LogP contribution < -0.4 is 31.1 Å². The van der Waals surface area contributed by atoms with Crippen LogP contribution in [0.5, 0.6) is 0 Å². The van der Waals surface area contributed by atoms with Gasteiger partial charge in [0.2, 0.25) is 0 Å². The number of nitrogens with two attached hydrogens (primary N) is 1. The molecule has 6 aromatic heterocycles. The largest absolute Gasteiger partial charge is 0.477 e. The smallest absolute Gasteiger partial charge is 0.354 e. The molecule has 0 saturated carbocycles. The van der Waals surface area contributed by atoms with Crippen LogP contribution in [-0.2, 0) is 21.6 Å². The average Bonchev–Trinajstić information content (AvgIpc) is 1.59. The number of carboxylic acid groups (broad SMARTS) is 1. The zero-order chi connectivity index (χ0) is 65.2. The van der Waals surface area contributed by atoms with Crippen LogP contribution in [0.3, 0.4) is 0 Å². The lowest BCUT2D eigenvalue weighted by Crippen LogP contribution is -2.34. The minimum atomic E-state index is -1.17. The lowest BCUT2D eigenvalue weighted by atomic mass is 9.96. The molecule has 488 valence electrons. The van der Waals surface area contributed by atoms with Crippen LogP contribution >= 0.6 is 34.0 Å². The summed E-state index contributed by atoms with van der Waals surface area (Å²) in [4.78, 5) is 89.9. The number of aromatic nitrogens is 9. The number of anilines is 6. The van der Waals surface area contributed by atoms with Gasteiger partial charge >= 0.3 is 5.97 Å². The van der Waals surface area contributed by atoms with Crippen LogP contribution in [0.15, 0.2) is 92.2 Å². The standard InChI is InChI=1S/C21H25N5O3S.C21H23N5O3S.C16H23N3O2S.C5H4N2O2.CH4/c2*1-21(2,29)14-9-17-18(10-16(14)24-19(28)15-3-6-22-12-23-15)30-20(25-17)26-7-4-13(11-27)5-8-26;1-16(2,21)11-7-13-14(8-12(11)17)22-15(18-13)19-5-3-10(9-20)4-6-19;8-5(9)4-1-2-6-3-7-4;/h3,6,9-10,12-13,27,29H,4-5,7-8,11H2,1-2H3,(H,24,28);3,6,9-13,29H,4-5,7-8H2,1-2H3,(H,24,28);7-8,10,20-21H,3-6,9,17H2,1-2H3;1-3H,(H,8,9);1H4. The van der Waals surface area contributed by atoms with Gasteiger partial charge in [-0.1, -0.05) is 41.4 Å². The lowest BCUT2D eigenvalue weighted by molar-refractivity contribution is -0.111. The van der Waals surface area contributed by atoms with Crippen molar-refractivity contribution in [1.82, 2.24) is 44.9 Å². The van der Waals surface area contributed by atoms with Crippen molar-refractivity contribution in [2.24, 2.45) is 17.8 Å². The number of aliphatic hydroxyl groups is 5. The topological polar surface area (TPSA) is 365 Å². The molecule has 0 bridgehead atoms. The van der Waals surface area contributed by atoms with Crippen molar-refractivity contribution < 1.29 is 49.8 Å². The SMILES string of the molecule is C.CC(C)(O)c1cc2nc(N3CCC(C=O)CC3)sc2cc1NC(=O)c1ccncn1.CC(C)(O)c1cc2nc(N3CCC(CO)CC3)sc2cc1N.CC(C)(O)c1cc2nc(N3CCC(CO)CC3)sc2cc1NC(=O)c1ccncn1.O=C(O)c1ccncn1. The molecule has 3 aromatic carbocycles. The molecule has 9 aromatic rings. The number of carbonyl (C=O) groups is 4. The van der Waals surface area contributed by atoms with Gasteiger partial charge in [0.1, 0.15) is 36.7 Å². The molecule has 9 heterocycles. The molecule has 0 unspecified atom stereocenters. The number of thiazole rings is 3. The third-order valence-corrected chi connectivity index (χ3v) is 19.0. The van der Waals surface area contributed by atoms with E-state index in [4.69, 9.17) is 25.8 Å². The van der Waals surface area contributed by atoms with Crippen molar-refractivity contribution in [2.45, 2.75) is 104 Å². The highest BCUT2D eigenvalue weighted by atomic mass is 32.1. The van der Waals surface area contributed by atoms with Crippen molar-refractivity contribution in [1.29, 1.82) is 0 Å². The summed E-state index contributed by atoms with van der Waals surface area (Å²) in [5.74, 6) is -0.858. The number of rotatable bonds is 14. The van der Waals surface area contributed by atoms with Crippen molar-refractivity contribution >= 4 is 121 Å². The molecule has 0 radical (unpaired) electrons. The van der Waals surface area contributed by atoms with E-state index in [1.807, 2.05) is 36.4 Å². The summed E-state index contributed by atoms with van der Waals surface area (Å²) in [6.07, 6.45) is 14.8. The van der Waals surface area contributed by atoms with Gasteiger partial charge in [-0.15, -0.1) is 0 Å². The van der Waals surface area contributed by atoms with Gasteiger partial charge in [0.25, 0.3) is 11.8 Å². The van der Waals surface area contributed by atoms with Crippen molar-refractivity contribution in [3.05, 3.63) is 126 Å². The minimum absolute atomic E-state index is 0. The Balaban J connectivity index is 0.000000167. The van der Waals surface area contributed by atoms with Gasteiger partial charge in [0.15, 0.2) is 21.1 Å². The third-order valence-electron chi connectivity index (χ3n) is 15.8. The first-order valence-electron chi connectivity index (χ1n) is 29.7. The number of hydrogen-bond acceptors (Lipinski definition) is 25. The zero-order valence-electron chi connectivity index (χ0n) is 51.4. The summed E-state index contributed by atoms with van der Waals surface area (Å²) in [6.45, 7) is 15.9. The monoisotopic (exact) mass is 1310 g/mol. The molecule has 3 aliphatic heterocycles. The average molecular weight is 1310 g/mol. The maximum Gasteiger partial charge on any atom is 0.354 e. The molecule has 3 fully saturated rings. The second kappa shape index (κ2) is 30.4. The van der Waals surface area contributed by atoms with E-state index in [0.717, 1.165) is 136 Å². The first kappa shape index (κ1) is 69.5. The van der Waals surface area contributed by atoms with E-state index in [1.54, 1.807) is 70.3 Å². The van der Waals surface area contributed by atoms with E-state index in [2.05, 4.69) is 55.2 Å². The summed E-state index contributed by atoms with van der Waals surface area (Å²) in [7, 11) is 0. The lowest BCUT2D eigenvalue weighted by Gasteiger charge is -2.30. The fourth-order valence-electron chi connectivity index (χ4n) is 10.5. The van der Waals surface area contributed by atoms with Gasteiger partial charge in [0.05, 0.1) is 47.5 Å². The predicted molar refractivity (Wildman–Crippen MR) is 360 cm³/mol. The summed E-state index contributed by atoms with van der Waals surface area (Å²) < 4.78 is 2.89. The van der Waals surface area contributed by atoms with E-state index in [9.17, 15) is 44.7 Å². The molecular formula is C64H79N15O10S3. The first-order valence-corrected chi connectivity index (χ1v) is 32.2. The van der Waals surface area contributed by atoms with E-state index in [1.165, 1.54) is 61.0 Å². The van der Waals surface area contributed by atoms with E-state index in [0.29, 0.717) is 40.0 Å². The number of carbonyl (C=O) groups excluding carboxylic acids is 3. The number of carboxylic acids is 1. The van der Waals surface area contributed by atoms with Gasteiger partial charge in [-0.3, -0.25) is 9.59 Å². The van der Waals surface area contributed by atoms with Gasteiger partial charge < -0.3 is 66.5 Å². The van der Waals surface area contributed by atoms with E-state index in [-0.39, 0.29) is 55.5 Å². The molecule has 2 amide bonds. The van der Waals surface area contributed by atoms with E-state index >= 15 is 0 Å². The number of nitrogen functional groups attached to an aromatic ring is 1. The van der Waals surface area contributed by atoms with Crippen LogP contribution in [0.4, 0.5) is 32.5 Å². The van der Waals surface area contributed by atoms with Crippen LogP contribution in [0.1, 0.15) is 136 Å². The maximum absolute atomic E-state index is 12.6. The Kier molecular flexibility index (Phi) is 23.0. The quantitative estimate of drug-likeness (QED) is 0.0362. The minimum Gasteiger partial charge on any atom is -0.477 e. The highest BCUT2D eigenvalue weighted by Gasteiger charge is 2.29. The number of fused-ring (bicyclic) bond motifs is 3. The molecule has 28 heteroatoms. The number of nitrogens with one attached hydrogen (secondary N) is 2. The molecule has 12 rings (SSSR count). The molecule has 3 aliphatic rings. The molecule has 92 heavy (non-hydrogen) atoms. The number of aromatic carboxylic acids is 1. The van der Waals surface area contributed by atoms with Crippen molar-refractivity contribution in [3.8, 4) is 0 Å². The highest BCUT2D eigenvalue weighted by Crippen LogP contribution is 2.41. The second-order valence-corrected chi connectivity index (χ2v) is 27.0.